The summed E-state index contributed by atoms with van der Waals surface area (Å²) >= 11 is 0. The van der Waals surface area contributed by atoms with Gasteiger partial charge in [-0.1, -0.05) is 44.7 Å². The molecule has 3 rings (SSSR count). The topological polar surface area (TPSA) is 0 Å². The van der Waals surface area contributed by atoms with Gasteiger partial charge in [-0.05, 0) is 79.9 Å². The molecule has 28 heavy (non-hydrogen) atoms. The zero-order valence-electron chi connectivity index (χ0n) is 16.8. The Balaban J connectivity index is 1.52. The molecule has 1 aromatic carbocycles. The Labute approximate surface area is 166 Å². The summed E-state index contributed by atoms with van der Waals surface area (Å²) in [6.07, 6.45) is 9.19. The Morgan fingerprint density at radius 1 is 0.929 bits per heavy atom. The maximum atomic E-state index is 14.2. The molecule has 1 aromatic rings. The van der Waals surface area contributed by atoms with Crippen LogP contribution in [-0.2, 0) is 0 Å². The monoisotopic (exact) mass is 396 g/mol. The largest absolute Gasteiger partial charge is 0.409 e. The van der Waals surface area contributed by atoms with Gasteiger partial charge in [0.2, 0.25) is 0 Å². The average molecular weight is 397 g/mol. The van der Waals surface area contributed by atoms with E-state index in [9.17, 15) is 17.6 Å². The Kier molecular flexibility index (Phi) is 7.22. The number of allylic oxidation sites excluding steroid dienone is 1. The van der Waals surface area contributed by atoms with E-state index >= 15 is 0 Å². The summed E-state index contributed by atoms with van der Waals surface area (Å²) in [5, 5.41) is 0. The first-order chi connectivity index (χ1) is 13.4. The van der Waals surface area contributed by atoms with E-state index in [-0.39, 0.29) is 11.6 Å². The minimum atomic E-state index is -4.42. The van der Waals surface area contributed by atoms with Crippen LogP contribution >= 0.6 is 0 Å². The number of alkyl halides is 3. The molecule has 0 heterocycles. The van der Waals surface area contributed by atoms with Crippen LogP contribution in [0.15, 0.2) is 24.3 Å². The molecular formula is C24H32F4. The highest BCUT2D eigenvalue weighted by atomic mass is 19.4. The van der Waals surface area contributed by atoms with Crippen molar-refractivity contribution in [2.24, 2.45) is 17.8 Å². The SMILES string of the molecule is CCCC1CCC(C2CCC(c3ccc(C=CC(F)(F)F)c(F)c3)CC2)CC1. The van der Waals surface area contributed by atoms with Crippen molar-refractivity contribution in [3.63, 3.8) is 0 Å². The number of hydrogen-bond donors (Lipinski definition) is 0. The molecule has 0 radical (unpaired) electrons. The third kappa shape index (κ3) is 5.84. The van der Waals surface area contributed by atoms with Gasteiger partial charge >= 0.3 is 6.18 Å². The van der Waals surface area contributed by atoms with Crippen molar-refractivity contribution in [1.29, 1.82) is 0 Å². The van der Waals surface area contributed by atoms with E-state index in [1.807, 2.05) is 0 Å². The fraction of sp³-hybridized carbons (Fsp3) is 0.667. The molecule has 0 N–H and O–H groups in total. The lowest BCUT2D eigenvalue weighted by Crippen LogP contribution is -2.25. The second kappa shape index (κ2) is 9.45. The smallest absolute Gasteiger partial charge is 0.206 e. The van der Waals surface area contributed by atoms with Crippen molar-refractivity contribution < 1.29 is 17.6 Å². The van der Waals surface area contributed by atoms with E-state index in [2.05, 4.69) is 6.92 Å². The van der Waals surface area contributed by atoms with Crippen LogP contribution in [0.3, 0.4) is 0 Å². The quantitative estimate of drug-likeness (QED) is 0.439. The second-order valence-corrected chi connectivity index (χ2v) is 8.84. The zero-order valence-corrected chi connectivity index (χ0v) is 16.8. The maximum Gasteiger partial charge on any atom is 0.409 e. The minimum Gasteiger partial charge on any atom is -0.206 e. The first kappa shape index (κ1) is 21.4. The third-order valence-corrected chi connectivity index (χ3v) is 6.97. The molecule has 2 aliphatic carbocycles. The summed E-state index contributed by atoms with van der Waals surface area (Å²) in [5.74, 6) is 2.38. The minimum absolute atomic E-state index is 0.00130. The summed E-state index contributed by atoms with van der Waals surface area (Å²) in [6, 6.07) is 4.73. The summed E-state index contributed by atoms with van der Waals surface area (Å²) in [4.78, 5) is 0. The average Bonchev–Trinajstić information content (AvgIpc) is 2.67. The van der Waals surface area contributed by atoms with E-state index < -0.39 is 12.0 Å². The number of rotatable bonds is 5. The molecule has 2 saturated carbocycles. The third-order valence-electron chi connectivity index (χ3n) is 6.97. The Hall–Kier alpha value is -1.32. The predicted molar refractivity (Wildman–Crippen MR) is 107 cm³/mol. The molecule has 0 saturated heterocycles. The highest BCUT2D eigenvalue weighted by Crippen LogP contribution is 2.44. The van der Waals surface area contributed by atoms with Crippen LogP contribution in [0.4, 0.5) is 17.6 Å². The first-order valence-electron chi connectivity index (χ1n) is 10.9. The van der Waals surface area contributed by atoms with Crippen molar-refractivity contribution in [3.05, 3.63) is 41.2 Å². The van der Waals surface area contributed by atoms with Gasteiger partial charge in [0.15, 0.2) is 0 Å². The molecule has 156 valence electrons. The van der Waals surface area contributed by atoms with E-state index in [1.165, 1.54) is 63.5 Å². The van der Waals surface area contributed by atoms with Crippen molar-refractivity contribution in [2.75, 3.05) is 0 Å². The summed E-state index contributed by atoms with van der Waals surface area (Å²) in [6.45, 7) is 2.27. The second-order valence-electron chi connectivity index (χ2n) is 8.84. The van der Waals surface area contributed by atoms with Crippen molar-refractivity contribution in [2.45, 2.75) is 83.2 Å². The summed E-state index contributed by atoms with van der Waals surface area (Å²) < 4.78 is 51.1. The normalized spacial score (nSPS) is 29.3. The van der Waals surface area contributed by atoms with Crippen LogP contribution in [0.1, 0.15) is 88.2 Å². The summed E-state index contributed by atoms with van der Waals surface area (Å²) in [7, 11) is 0. The Morgan fingerprint density at radius 3 is 2.07 bits per heavy atom. The van der Waals surface area contributed by atoms with Crippen molar-refractivity contribution >= 4 is 6.08 Å². The van der Waals surface area contributed by atoms with Crippen LogP contribution in [0.2, 0.25) is 0 Å². The molecule has 0 unspecified atom stereocenters. The molecular weight excluding hydrogens is 364 g/mol. The molecule has 0 atom stereocenters. The van der Waals surface area contributed by atoms with Gasteiger partial charge in [0, 0.05) is 11.6 Å². The van der Waals surface area contributed by atoms with Crippen LogP contribution < -0.4 is 0 Å². The molecule has 0 aliphatic heterocycles. The molecule has 4 heteroatoms. The molecule has 0 spiro atoms. The highest BCUT2D eigenvalue weighted by Gasteiger charge is 2.31. The standard InChI is InChI=1S/C24H32F4/c1-2-3-17-4-6-18(7-5-17)19-8-10-20(11-9-19)22-13-12-21(23(25)16-22)14-15-24(26,27)28/h12-20H,2-11H2,1H3. The molecule has 0 amide bonds. The Bertz CT molecular complexity index is 645. The van der Waals surface area contributed by atoms with Crippen molar-refractivity contribution in [1.82, 2.24) is 0 Å². The van der Waals surface area contributed by atoms with Crippen molar-refractivity contribution in [3.8, 4) is 0 Å². The fourth-order valence-electron chi connectivity index (χ4n) is 5.40. The van der Waals surface area contributed by atoms with Gasteiger partial charge in [0.25, 0.3) is 0 Å². The van der Waals surface area contributed by atoms with E-state index in [0.717, 1.165) is 42.2 Å². The van der Waals surface area contributed by atoms with E-state index in [4.69, 9.17) is 0 Å². The fourth-order valence-corrected chi connectivity index (χ4v) is 5.40. The van der Waals surface area contributed by atoms with Gasteiger partial charge in [0.05, 0.1) is 0 Å². The van der Waals surface area contributed by atoms with Crippen LogP contribution in [0, 0.1) is 23.6 Å². The van der Waals surface area contributed by atoms with Gasteiger partial charge in [-0.25, -0.2) is 4.39 Å². The van der Waals surface area contributed by atoms with Gasteiger partial charge in [0.1, 0.15) is 5.82 Å². The molecule has 0 nitrogen and oxygen atoms in total. The molecule has 0 bridgehead atoms. The van der Waals surface area contributed by atoms with Gasteiger partial charge < -0.3 is 0 Å². The van der Waals surface area contributed by atoms with Crippen LogP contribution in [-0.4, -0.2) is 6.18 Å². The molecule has 2 aliphatic rings. The number of hydrogen-bond acceptors (Lipinski definition) is 0. The van der Waals surface area contributed by atoms with Crippen LogP contribution in [0.25, 0.3) is 6.08 Å². The van der Waals surface area contributed by atoms with E-state index in [0.29, 0.717) is 5.92 Å². The van der Waals surface area contributed by atoms with Gasteiger partial charge in [-0.3, -0.25) is 0 Å². The lowest BCUT2D eigenvalue weighted by atomic mass is 9.68. The van der Waals surface area contributed by atoms with Crippen LogP contribution in [0.5, 0.6) is 0 Å². The highest BCUT2D eigenvalue weighted by molar-refractivity contribution is 5.51. The number of benzene rings is 1. The Morgan fingerprint density at radius 2 is 1.54 bits per heavy atom. The lowest BCUT2D eigenvalue weighted by molar-refractivity contribution is -0.0790. The lowest BCUT2D eigenvalue weighted by Gasteiger charge is -2.38. The molecule has 0 aromatic heterocycles. The number of halogens is 4. The first-order valence-corrected chi connectivity index (χ1v) is 10.9. The zero-order chi connectivity index (χ0) is 20.1. The molecule has 2 fully saturated rings. The predicted octanol–water partition coefficient (Wildman–Crippen LogP) is 8.28. The van der Waals surface area contributed by atoms with E-state index in [1.54, 1.807) is 6.07 Å². The van der Waals surface area contributed by atoms with Gasteiger partial charge in [-0.15, -0.1) is 0 Å². The summed E-state index contributed by atoms with van der Waals surface area (Å²) in [5.41, 5.74) is 0.936. The van der Waals surface area contributed by atoms with Gasteiger partial charge in [-0.2, -0.15) is 13.2 Å². The maximum absolute atomic E-state index is 14.2.